The minimum Gasteiger partial charge on any atom is -0.254 e. The highest BCUT2D eigenvalue weighted by molar-refractivity contribution is 5.85. The number of hydrogen-bond acceptors (Lipinski definition) is 4. The van der Waals surface area contributed by atoms with Crippen molar-refractivity contribution in [2.24, 2.45) is 28.2 Å². The zero-order valence-corrected chi connectivity index (χ0v) is 65.8. The topological polar surface area (TPSA) is 86.8 Å². The third kappa shape index (κ3) is 14.7. The minimum atomic E-state index is 0.382. The maximum absolute atomic E-state index is 4.99. The summed E-state index contributed by atoms with van der Waals surface area (Å²) in [5.41, 5.74) is 32.4. The van der Waals surface area contributed by atoms with E-state index in [0.29, 0.717) is 23.7 Å². The summed E-state index contributed by atoms with van der Waals surface area (Å²) in [6.07, 6.45) is 14.7. The van der Waals surface area contributed by atoms with Crippen molar-refractivity contribution in [2.45, 2.75) is 128 Å². The minimum absolute atomic E-state index is 0.382. The Kier molecular flexibility index (Phi) is 21.4. The molecule has 0 unspecified atom stereocenters. The van der Waals surface area contributed by atoms with Gasteiger partial charge in [0.15, 0.2) is 21.1 Å². The molecule has 0 aliphatic carbocycles. The van der Waals surface area contributed by atoms with Crippen LogP contribution in [0.25, 0.3) is 111 Å². The molecule has 0 saturated heterocycles. The number of para-hydroxylation sites is 4. The van der Waals surface area contributed by atoms with Gasteiger partial charge in [-0.05, 0) is 176 Å². The third-order valence-electron chi connectivity index (χ3n) is 21.0. The Morgan fingerprint density at radius 2 is 0.738 bits per heavy atom. The molecule has 538 valence electrons. The summed E-state index contributed by atoms with van der Waals surface area (Å²) in [4.78, 5) is 19.6. The average molecular weight is 1410 g/mol. The van der Waals surface area contributed by atoms with Gasteiger partial charge in [0.1, 0.15) is 28.3 Å². The van der Waals surface area contributed by atoms with Crippen molar-refractivity contribution in [1.29, 1.82) is 0 Å². The standard InChI is InChI=1S/C27H24N3.C26H30N3.C22H22N3.C20H26N3/c1-19-10-9-14-23(21-11-5-4-6-12-21)27(19)24-16-20(2)26(17-28-24)30-18-22-13-7-8-15-25(22)29(30)3;1-17(2)21-11-9-12-22(18(3)4)26(21)23-14-19(5)25(15-27-23)29-16-20-10-7-8-13-24(20)28(29)6;1-15-8-7-9-16(2)22(15)19-12-17(3)21(13-23-19)25-14-18-10-5-6-11-20(18)24(25)4;1-13(2)17-11-15(5)20(19(21-17)14(3)4)23-12-16-9-7-8-10-18(16)22(23)6/h4-18H,1-3H3;7-18H,1-6H3;5-14H,1-4H3;7-14H,1-6H3/q4*+1. The molecule has 0 atom stereocenters. The van der Waals surface area contributed by atoms with Crippen LogP contribution in [0, 0.1) is 48.5 Å². The van der Waals surface area contributed by atoms with E-state index < -0.39 is 0 Å². The van der Waals surface area contributed by atoms with E-state index in [9.17, 15) is 0 Å². The van der Waals surface area contributed by atoms with Crippen LogP contribution in [0.2, 0.25) is 0 Å². The molecule has 107 heavy (non-hydrogen) atoms. The molecule has 8 aromatic carbocycles. The number of pyridine rings is 4. The first-order valence-electron chi connectivity index (χ1n) is 37.6. The van der Waals surface area contributed by atoms with Gasteiger partial charge >= 0.3 is 0 Å². The van der Waals surface area contributed by atoms with Crippen molar-refractivity contribution in [2.75, 3.05) is 0 Å². The maximum atomic E-state index is 4.99. The molecule has 0 spiro atoms. The van der Waals surface area contributed by atoms with Crippen LogP contribution in [0.3, 0.4) is 0 Å². The monoisotopic (exact) mass is 1410 g/mol. The Hall–Kier alpha value is -11.8. The highest BCUT2D eigenvalue weighted by Gasteiger charge is 2.28. The van der Waals surface area contributed by atoms with Crippen molar-refractivity contribution in [3.63, 3.8) is 0 Å². The van der Waals surface area contributed by atoms with E-state index >= 15 is 0 Å². The van der Waals surface area contributed by atoms with Crippen LogP contribution in [0.1, 0.15) is 141 Å². The van der Waals surface area contributed by atoms with E-state index in [1.807, 2.05) is 18.6 Å². The molecule has 0 bridgehead atoms. The van der Waals surface area contributed by atoms with Crippen molar-refractivity contribution in [3.05, 3.63) is 311 Å². The van der Waals surface area contributed by atoms with E-state index in [4.69, 9.17) is 19.9 Å². The molecule has 16 aromatic rings. The molecular formula is C95H102N12+4. The molecule has 0 radical (unpaired) electrons. The first kappa shape index (κ1) is 73.5. The van der Waals surface area contributed by atoms with Crippen LogP contribution in [-0.4, -0.2) is 38.7 Å². The molecule has 0 N–H and O–H groups in total. The van der Waals surface area contributed by atoms with Crippen LogP contribution in [0.15, 0.2) is 250 Å². The van der Waals surface area contributed by atoms with Crippen molar-refractivity contribution in [1.82, 2.24) is 38.7 Å². The molecule has 8 aromatic heterocycles. The number of hydrogen-bond donors (Lipinski definition) is 0. The van der Waals surface area contributed by atoms with Gasteiger partial charge in [0.2, 0.25) is 22.7 Å². The van der Waals surface area contributed by atoms with E-state index in [2.05, 4.69) is 401 Å². The predicted octanol–water partition coefficient (Wildman–Crippen LogP) is 20.7. The summed E-state index contributed by atoms with van der Waals surface area (Å²) in [6, 6.07) is 72.7. The normalized spacial score (nSPS) is 11.5. The average Bonchev–Trinajstić information content (AvgIpc) is 1.50. The van der Waals surface area contributed by atoms with Gasteiger partial charge in [-0.2, -0.15) is 4.68 Å². The second-order valence-electron chi connectivity index (χ2n) is 30.0. The fourth-order valence-corrected chi connectivity index (χ4v) is 15.2. The zero-order chi connectivity index (χ0) is 75.6. The zero-order valence-electron chi connectivity index (χ0n) is 65.8. The van der Waals surface area contributed by atoms with Gasteiger partial charge in [-0.3, -0.25) is 19.9 Å². The molecule has 0 aliphatic heterocycles. The van der Waals surface area contributed by atoms with E-state index in [-0.39, 0.29) is 0 Å². The summed E-state index contributed by atoms with van der Waals surface area (Å²) in [5.74, 6) is 1.74. The van der Waals surface area contributed by atoms with E-state index in [1.165, 1.54) is 139 Å². The van der Waals surface area contributed by atoms with Gasteiger partial charge in [-0.15, -0.1) is 28.1 Å². The SMILES string of the molecule is Cc1cc(-c2c(C(C)C)cccc2C(C)C)ncc1-n1cc2ccccc2[n+]1C.Cc1cc(-c2c(C)cccc2-c2ccccc2)ncc1-n1cc2ccccc2[n+]1C.Cc1cc(-c2c(C)cccc2C)ncc1-n1cc2ccccc2[n+]1C.Cc1cc(C(C)C)nc(C(C)C)c1-[n+]1cc2ccccc2n1C. The number of aromatic nitrogens is 12. The largest absolute Gasteiger partial charge is 0.260 e. The number of rotatable bonds is 12. The highest BCUT2D eigenvalue weighted by atomic mass is 15.4. The van der Waals surface area contributed by atoms with E-state index in [0.717, 1.165) is 34.1 Å². The quantitative estimate of drug-likeness (QED) is 0.114. The molecule has 0 fully saturated rings. The van der Waals surface area contributed by atoms with E-state index in [1.54, 1.807) is 0 Å². The summed E-state index contributed by atoms with van der Waals surface area (Å²) >= 11 is 0. The van der Waals surface area contributed by atoms with Crippen molar-refractivity contribution < 1.29 is 18.7 Å². The van der Waals surface area contributed by atoms with Crippen molar-refractivity contribution >= 4 is 43.6 Å². The second-order valence-corrected chi connectivity index (χ2v) is 30.0. The van der Waals surface area contributed by atoms with Crippen molar-refractivity contribution in [3.8, 4) is 67.6 Å². The second kappa shape index (κ2) is 31.1. The van der Waals surface area contributed by atoms with Crippen LogP contribution in [0.5, 0.6) is 0 Å². The molecule has 12 heteroatoms. The smallest absolute Gasteiger partial charge is 0.254 e. The molecule has 0 aliphatic rings. The van der Waals surface area contributed by atoms with Gasteiger partial charge in [-0.1, -0.05) is 194 Å². The van der Waals surface area contributed by atoms with Crippen LogP contribution >= 0.6 is 0 Å². The number of aryl methyl sites for hydroxylation is 11. The Morgan fingerprint density at radius 1 is 0.346 bits per heavy atom. The highest BCUT2D eigenvalue weighted by Crippen LogP contribution is 2.38. The lowest BCUT2D eigenvalue weighted by molar-refractivity contribution is -0.721. The molecule has 8 heterocycles. The molecular weight excluding hydrogens is 1310 g/mol. The Balaban J connectivity index is 0.000000127. The van der Waals surface area contributed by atoms with Crippen LogP contribution < -0.4 is 18.7 Å². The molecule has 0 amide bonds. The van der Waals surface area contributed by atoms with Gasteiger partial charge < -0.3 is 0 Å². The van der Waals surface area contributed by atoms with Gasteiger partial charge in [-0.25, -0.2) is 0 Å². The summed E-state index contributed by atoms with van der Waals surface area (Å²) in [5, 5.41) is 4.92. The lowest BCUT2D eigenvalue weighted by Crippen LogP contribution is -2.41. The Bertz CT molecular complexity index is 5890. The van der Waals surface area contributed by atoms with Gasteiger partial charge in [0, 0.05) is 52.1 Å². The van der Waals surface area contributed by atoms with Crippen LogP contribution in [-0.2, 0) is 28.2 Å². The predicted molar refractivity (Wildman–Crippen MR) is 440 cm³/mol. The molecule has 12 nitrogen and oxygen atoms in total. The maximum Gasteiger partial charge on any atom is 0.260 e. The summed E-state index contributed by atoms with van der Waals surface area (Å²) < 4.78 is 17.5. The lowest BCUT2D eigenvalue weighted by atomic mass is 9.86. The summed E-state index contributed by atoms with van der Waals surface area (Å²) in [6.45, 7) is 33.0. The van der Waals surface area contributed by atoms with Gasteiger partial charge in [0.25, 0.3) is 5.69 Å². The van der Waals surface area contributed by atoms with Gasteiger partial charge in [0.05, 0.1) is 82.9 Å². The lowest BCUT2D eigenvalue weighted by Gasteiger charge is -2.20. The summed E-state index contributed by atoms with van der Waals surface area (Å²) in [7, 11) is 8.38. The molecule has 0 saturated carbocycles. The van der Waals surface area contributed by atoms with Crippen LogP contribution in [0.4, 0.5) is 0 Å². The fraction of sp³-hybridized carbons (Fsp3) is 0.242. The first-order chi connectivity index (χ1) is 51.5. The number of fused-ring (bicyclic) bond motifs is 4. The molecule has 16 rings (SSSR count). The fourth-order valence-electron chi connectivity index (χ4n) is 15.2. The first-order valence-corrected chi connectivity index (χ1v) is 37.6. The third-order valence-corrected chi connectivity index (χ3v) is 21.0. The number of benzene rings is 8. The number of nitrogens with zero attached hydrogens (tertiary/aromatic N) is 12. The Morgan fingerprint density at radius 3 is 1.16 bits per heavy atom. The Labute approximate surface area is 631 Å².